The predicted octanol–water partition coefficient (Wildman–Crippen LogP) is 3.39. The number of aryl methyl sites for hydroxylation is 1. The monoisotopic (exact) mass is 409 g/mol. The first kappa shape index (κ1) is 20.1. The lowest BCUT2D eigenvalue weighted by Crippen LogP contribution is -2.40. The van der Waals surface area contributed by atoms with Crippen molar-refractivity contribution in [3.8, 4) is 5.75 Å². The molecule has 1 fully saturated rings. The number of H-pyrrole nitrogens is 2. The van der Waals surface area contributed by atoms with Crippen LogP contribution in [0.25, 0.3) is 10.9 Å². The van der Waals surface area contributed by atoms with Gasteiger partial charge in [0, 0.05) is 29.7 Å². The molecule has 0 aliphatic heterocycles. The molecular formula is C22H27N5O3. The van der Waals surface area contributed by atoms with Crippen molar-refractivity contribution in [2.45, 2.75) is 45.6 Å². The van der Waals surface area contributed by atoms with E-state index in [0.29, 0.717) is 40.8 Å². The maximum atomic E-state index is 13.3. The summed E-state index contributed by atoms with van der Waals surface area (Å²) in [5.74, 6) is 1.27. The third kappa shape index (κ3) is 4.22. The number of Topliss-reactive ketones (excluding diaryl/α,β-unsaturated/α-hetero) is 1. The molecule has 2 aromatic heterocycles. The summed E-state index contributed by atoms with van der Waals surface area (Å²) in [6.45, 7) is 2.59. The largest absolute Gasteiger partial charge is 0.497 e. The van der Waals surface area contributed by atoms with Crippen LogP contribution in [0.1, 0.15) is 54.1 Å². The van der Waals surface area contributed by atoms with Crippen LogP contribution in [0.2, 0.25) is 0 Å². The molecule has 0 spiro atoms. The summed E-state index contributed by atoms with van der Waals surface area (Å²) < 4.78 is 5.23. The van der Waals surface area contributed by atoms with Crippen LogP contribution < -0.4 is 4.74 Å². The molecule has 0 saturated heterocycles. The normalized spacial score (nSPS) is 14.7. The zero-order valence-corrected chi connectivity index (χ0v) is 17.4. The van der Waals surface area contributed by atoms with Crippen molar-refractivity contribution >= 4 is 22.6 Å². The molecule has 0 atom stereocenters. The Labute approximate surface area is 175 Å². The molecule has 1 amide bonds. The number of rotatable bonds is 7. The van der Waals surface area contributed by atoms with E-state index in [9.17, 15) is 9.59 Å². The first-order valence-corrected chi connectivity index (χ1v) is 10.4. The van der Waals surface area contributed by atoms with E-state index >= 15 is 0 Å². The Bertz CT molecular complexity index is 1050. The Morgan fingerprint density at radius 3 is 2.73 bits per heavy atom. The van der Waals surface area contributed by atoms with E-state index in [2.05, 4.69) is 20.2 Å². The van der Waals surface area contributed by atoms with Crippen molar-refractivity contribution < 1.29 is 14.3 Å². The Balaban J connectivity index is 1.58. The molecule has 2 N–H and O–H groups in total. The first-order valence-electron chi connectivity index (χ1n) is 10.4. The fourth-order valence-electron chi connectivity index (χ4n) is 4.21. The van der Waals surface area contributed by atoms with Crippen molar-refractivity contribution in [2.24, 2.45) is 5.92 Å². The van der Waals surface area contributed by atoms with Gasteiger partial charge in [-0.2, -0.15) is 5.10 Å². The Hall–Kier alpha value is -3.16. The lowest BCUT2D eigenvalue weighted by molar-refractivity contribution is -0.128. The quantitative estimate of drug-likeness (QED) is 0.460. The molecule has 158 valence electrons. The summed E-state index contributed by atoms with van der Waals surface area (Å²) in [5, 5.41) is 7.68. The Kier molecular flexibility index (Phi) is 5.83. The van der Waals surface area contributed by atoms with E-state index in [1.807, 2.05) is 13.0 Å². The molecular weight excluding hydrogens is 382 g/mol. The topological polar surface area (TPSA) is 104 Å². The van der Waals surface area contributed by atoms with Gasteiger partial charge in [0.2, 0.25) is 0 Å². The average Bonchev–Trinajstić information content (AvgIpc) is 3.38. The first-order chi connectivity index (χ1) is 14.5. The number of hydrogen-bond acceptors (Lipinski definition) is 5. The number of methoxy groups -OCH3 is 1. The number of fused-ring (bicyclic) bond motifs is 1. The third-order valence-corrected chi connectivity index (χ3v) is 5.79. The standard InChI is InChI=1S/C22H27N5O3/c1-14-24-20(26-25-14)13-27(12-15-6-4-3-5-7-15)22(29)21(28)18-11-23-19-10-16(30-2)8-9-17(18)19/h8-11,15,23H,3-7,12-13H2,1-2H3,(H,24,25,26). The minimum atomic E-state index is -0.519. The van der Waals surface area contributed by atoms with Gasteiger partial charge in [-0.05, 0) is 37.8 Å². The maximum Gasteiger partial charge on any atom is 0.295 e. The highest BCUT2D eigenvalue weighted by Crippen LogP contribution is 2.27. The molecule has 30 heavy (non-hydrogen) atoms. The number of nitrogens with zero attached hydrogens (tertiary/aromatic N) is 3. The van der Waals surface area contributed by atoms with Crippen molar-refractivity contribution in [3.63, 3.8) is 0 Å². The number of benzene rings is 1. The summed E-state index contributed by atoms with van der Waals surface area (Å²) in [6.07, 6.45) is 7.34. The van der Waals surface area contributed by atoms with Gasteiger partial charge in [0.1, 0.15) is 11.6 Å². The maximum absolute atomic E-state index is 13.3. The van der Waals surface area contributed by atoms with Gasteiger partial charge < -0.3 is 14.6 Å². The summed E-state index contributed by atoms with van der Waals surface area (Å²) in [4.78, 5) is 35.4. The fraction of sp³-hybridized carbons (Fsp3) is 0.455. The predicted molar refractivity (Wildman–Crippen MR) is 112 cm³/mol. The van der Waals surface area contributed by atoms with E-state index in [-0.39, 0.29) is 6.54 Å². The second-order valence-electron chi connectivity index (χ2n) is 7.97. The van der Waals surface area contributed by atoms with Crippen molar-refractivity contribution in [3.05, 3.63) is 41.6 Å². The van der Waals surface area contributed by atoms with Gasteiger partial charge in [-0.3, -0.25) is 14.7 Å². The second kappa shape index (κ2) is 8.69. The van der Waals surface area contributed by atoms with Gasteiger partial charge in [0.25, 0.3) is 11.7 Å². The van der Waals surface area contributed by atoms with Gasteiger partial charge in [0.15, 0.2) is 5.82 Å². The van der Waals surface area contributed by atoms with E-state index in [1.165, 1.54) is 19.3 Å². The highest BCUT2D eigenvalue weighted by atomic mass is 16.5. The van der Waals surface area contributed by atoms with Gasteiger partial charge in [-0.25, -0.2) is 4.98 Å². The molecule has 0 unspecified atom stereocenters. The Morgan fingerprint density at radius 2 is 2.03 bits per heavy atom. The summed E-state index contributed by atoms with van der Waals surface area (Å²) in [5.41, 5.74) is 1.13. The molecule has 8 nitrogen and oxygen atoms in total. The lowest BCUT2D eigenvalue weighted by atomic mass is 9.89. The Morgan fingerprint density at radius 1 is 1.23 bits per heavy atom. The van der Waals surface area contributed by atoms with E-state index in [1.54, 1.807) is 30.3 Å². The molecule has 8 heteroatoms. The van der Waals surface area contributed by atoms with Crippen molar-refractivity contribution in [1.82, 2.24) is 25.1 Å². The minimum absolute atomic E-state index is 0.224. The molecule has 1 aliphatic rings. The summed E-state index contributed by atoms with van der Waals surface area (Å²) in [6, 6.07) is 5.40. The molecule has 2 heterocycles. The molecule has 1 saturated carbocycles. The lowest BCUT2D eigenvalue weighted by Gasteiger charge is -2.28. The van der Waals surface area contributed by atoms with Gasteiger partial charge in [-0.15, -0.1) is 0 Å². The van der Waals surface area contributed by atoms with Crippen LogP contribution in [-0.4, -0.2) is 50.4 Å². The van der Waals surface area contributed by atoms with Crippen LogP contribution in [0, 0.1) is 12.8 Å². The number of nitrogens with one attached hydrogen (secondary N) is 2. The number of carbonyl (C=O) groups excluding carboxylic acids is 2. The number of ketones is 1. The fourth-order valence-corrected chi connectivity index (χ4v) is 4.21. The highest BCUT2D eigenvalue weighted by molar-refractivity contribution is 6.44. The number of amides is 1. The van der Waals surface area contributed by atoms with Crippen molar-refractivity contribution in [1.29, 1.82) is 0 Å². The van der Waals surface area contributed by atoms with Crippen LogP contribution in [0.15, 0.2) is 24.4 Å². The van der Waals surface area contributed by atoms with Gasteiger partial charge in [-0.1, -0.05) is 19.3 Å². The van der Waals surface area contributed by atoms with Crippen LogP contribution >= 0.6 is 0 Å². The van der Waals surface area contributed by atoms with Crippen LogP contribution in [-0.2, 0) is 11.3 Å². The molecule has 0 bridgehead atoms. The number of carbonyl (C=O) groups is 2. The average molecular weight is 409 g/mol. The van der Waals surface area contributed by atoms with E-state index in [0.717, 1.165) is 18.4 Å². The molecule has 0 radical (unpaired) electrons. The van der Waals surface area contributed by atoms with Crippen LogP contribution in [0.3, 0.4) is 0 Å². The highest BCUT2D eigenvalue weighted by Gasteiger charge is 2.29. The van der Waals surface area contributed by atoms with E-state index in [4.69, 9.17) is 4.74 Å². The van der Waals surface area contributed by atoms with Gasteiger partial charge in [0.05, 0.1) is 19.2 Å². The molecule has 1 aliphatic carbocycles. The molecule has 4 rings (SSSR count). The molecule has 1 aromatic carbocycles. The van der Waals surface area contributed by atoms with Gasteiger partial charge >= 0.3 is 0 Å². The second-order valence-corrected chi connectivity index (χ2v) is 7.97. The smallest absolute Gasteiger partial charge is 0.295 e. The number of ether oxygens (including phenoxy) is 1. The summed E-state index contributed by atoms with van der Waals surface area (Å²) >= 11 is 0. The number of aromatic nitrogens is 4. The third-order valence-electron chi connectivity index (χ3n) is 5.79. The molecule has 3 aromatic rings. The SMILES string of the molecule is COc1ccc2c(C(=O)C(=O)N(Cc3n[nH]c(C)n3)CC3CCCCC3)c[nH]c2c1. The number of hydrogen-bond donors (Lipinski definition) is 2. The zero-order valence-electron chi connectivity index (χ0n) is 17.4. The van der Waals surface area contributed by atoms with Crippen LogP contribution in [0.4, 0.5) is 0 Å². The van der Waals surface area contributed by atoms with E-state index < -0.39 is 11.7 Å². The van der Waals surface area contributed by atoms with Crippen LogP contribution in [0.5, 0.6) is 5.75 Å². The minimum Gasteiger partial charge on any atom is -0.497 e. The zero-order chi connectivity index (χ0) is 21.1. The number of aromatic amines is 2. The summed E-state index contributed by atoms with van der Waals surface area (Å²) in [7, 11) is 1.59. The van der Waals surface area contributed by atoms with Crippen molar-refractivity contribution in [2.75, 3.05) is 13.7 Å².